The van der Waals surface area contributed by atoms with Gasteiger partial charge in [-0.25, -0.2) is 0 Å². The summed E-state index contributed by atoms with van der Waals surface area (Å²) in [6.07, 6.45) is 2.45. The van der Waals surface area contributed by atoms with E-state index in [2.05, 4.69) is 0 Å². The Hall–Kier alpha value is -2.08. The van der Waals surface area contributed by atoms with Gasteiger partial charge in [0.2, 0.25) is 5.91 Å². The van der Waals surface area contributed by atoms with E-state index < -0.39 is 5.97 Å². The fraction of sp³-hybridized carbons (Fsp3) is 0.556. The molecule has 1 heterocycles. The molecule has 1 fully saturated rings. The molecule has 0 radical (unpaired) electrons. The van der Waals surface area contributed by atoms with Crippen LogP contribution in [0.25, 0.3) is 0 Å². The molecule has 6 nitrogen and oxygen atoms in total. The lowest BCUT2D eigenvalue weighted by atomic mass is 10.1. The van der Waals surface area contributed by atoms with Crippen molar-refractivity contribution in [3.63, 3.8) is 0 Å². The lowest BCUT2D eigenvalue weighted by molar-refractivity contribution is -0.139. The van der Waals surface area contributed by atoms with Gasteiger partial charge in [0.25, 0.3) is 0 Å². The second-order valence-corrected chi connectivity index (χ2v) is 6.09. The number of carboxylic acid groups (broad SMARTS) is 1. The fourth-order valence-electron chi connectivity index (χ4n) is 3.12. The van der Waals surface area contributed by atoms with Crippen LogP contribution in [0.4, 0.5) is 0 Å². The summed E-state index contributed by atoms with van der Waals surface area (Å²) in [4.78, 5) is 25.1. The highest BCUT2D eigenvalue weighted by atomic mass is 16.5. The van der Waals surface area contributed by atoms with E-state index in [-0.39, 0.29) is 24.5 Å². The van der Waals surface area contributed by atoms with Crippen molar-refractivity contribution in [1.29, 1.82) is 0 Å². The third-order valence-corrected chi connectivity index (χ3v) is 4.46. The average Bonchev–Trinajstić information content (AvgIpc) is 2.97. The molecule has 2 rings (SSSR count). The minimum atomic E-state index is -0.882. The van der Waals surface area contributed by atoms with E-state index in [1.54, 1.807) is 19.1 Å². The molecule has 24 heavy (non-hydrogen) atoms. The second kappa shape index (κ2) is 8.68. The zero-order valence-corrected chi connectivity index (χ0v) is 14.2. The Balaban J connectivity index is 1.84. The maximum Gasteiger partial charge on any atom is 0.305 e. The number of likely N-dealkylation sites (tertiary alicyclic amines) is 1. The van der Waals surface area contributed by atoms with E-state index in [0.29, 0.717) is 19.4 Å². The molecule has 0 aliphatic carbocycles. The molecule has 1 amide bonds. The molecular formula is C18H25NO5. The molecule has 2 atom stereocenters. The number of amides is 1. The smallest absolute Gasteiger partial charge is 0.305 e. The van der Waals surface area contributed by atoms with Crippen LogP contribution in [0.3, 0.4) is 0 Å². The van der Waals surface area contributed by atoms with E-state index in [4.69, 9.17) is 14.6 Å². The first-order valence-corrected chi connectivity index (χ1v) is 8.20. The van der Waals surface area contributed by atoms with Gasteiger partial charge < -0.3 is 19.5 Å². The minimum Gasteiger partial charge on any atom is -0.497 e. The molecule has 6 heteroatoms. The quantitative estimate of drug-likeness (QED) is 0.787. The largest absolute Gasteiger partial charge is 0.497 e. The molecule has 1 aromatic carbocycles. The monoisotopic (exact) mass is 335 g/mol. The third-order valence-electron chi connectivity index (χ3n) is 4.46. The van der Waals surface area contributed by atoms with Crippen LogP contribution in [0.15, 0.2) is 24.3 Å². The number of hydrogen-bond acceptors (Lipinski definition) is 4. The Morgan fingerprint density at radius 2 is 1.96 bits per heavy atom. The summed E-state index contributed by atoms with van der Waals surface area (Å²) in [6, 6.07) is 7.54. The van der Waals surface area contributed by atoms with Gasteiger partial charge in [-0.1, -0.05) is 12.1 Å². The summed E-state index contributed by atoms with van der Waals surface area (Å²) in [5.41, 5.74) is 1.15. The van der Waals surface area contributed by atoms with Crippen LogP contribution in [0, 0.1) is 0 Å². The van der Waals surface area contributed by atoms with Gasteiger partial charge in [-0.05, 0) is 37.0 Å². The predicted molar refractivity (Wildman–Crippen MR) is 89.1 cm³/mol. The van der Waals surface area contributed by atoms with Gasteiger partial charge in [0.05, 0.1) is 19.6 Å². The molecule has 0 aromatic heterocycles. The Labute approximate surface area is 142 Å². The fourth-order valence-corrected chi connectivity index (χ4v) is 3.12. The second-order valence-electron chi connectivity index (χ2n) is 6.09. The van der Waals surface area contributed by atoms with Crippen LogP contribution in [-0.4, -0.2) is 54.8 Å². The van der Waals surface area contributed by atoms with Crippen LogP contribution in [0.5, 0.6) is 5.75 Å². The van der Waals surface area contributed by atoms with Gasteiger partial charge in [-0.2, -0.15) is 0 Å². The number of nitrogens with zero attached hydrogens (tertiary/aromatic N) is 1. The lowest BCUT2D eigenvalue weighted by Gasteiger charge is -2.23. The first kappa shape index (κ1) is 18.3. The highest BCUT2D eigenvalue weighted by molar-refractivity contribution is 5.78. The van der Waals surface area contributed by atoms with Gasteiger partial charge in [0, 0.05) is 26.1 Å². The summed E-state index contributed by atoms with van der Waals surface area (Å²) in [7, 11) is 3.23. The number of methoxy groups -OCH3 is 2. The van der Waals surface area contributed by atoms with E-state index in [9.17, 15) is 9.59 Å². The van der Waals surface area contributed by atoms with Crippen LogP contribution in [-0.2, 0) is 20.7 Å². The maximum absolute atomic E-state index is 12.4. The summed E-state index contributed by atoms with van der Waals surface area (Å²) < 4.78 is 10.4. The molecule has 0 bridgehead atoms. The lowest BCUT2D eigenvalue weighted by Crippen LogP contribution is -2.37. The van der Waals surface area contributed by atoms with Crippen LogP contribution < -0.4 is 4.74 Å². The van der Waals surface area contributed by atoms with Crippen LogP contribution in [0.1, 0.15) is 31.2 Å². The number of aryl methyl sites for hydroxylation is 1. The Kier molecular flexibility index (Phi) is 6.61. The van der Waals surface area contributed by atoms with E-state index in [1.165, 1.54) is 0 Å². The molecule has 1 saturated heterocycles. The summed E-state index contributed by atoms with van der Waals surface area (Å²) in [5, 5.41) is 9.01. The van der Waals surface area contributed by atoms with Crippen molar-refractivity contribution < 1.29 is 24.2 Å². The van der Waals surface area contributed by atoms with Gasteiger partial charge in [-0.3, -0.25) is 9.59 Å². The van der Waals surface area contributed by atoms with Gasteiger partial charge in [-0.15, -0.1) is 0 Å². The van der Waals surface area contributed by atoms with E-state index in [1.807, 2.05) is 24.3 Å². The number of hydrogen-bond donors (Lipinski definition) is 1. The van der Waals surface area contributed by atoms with Crippen molar-refractivity contribution in [1.82, 2.24) is 4.90 Å². The summed E-state index contributed by atoms with van der Waals surface area (Å²) in [5.74, 6) is -0.0592. The number of aliphatic carboxylic acids is 1. The number of benzene rings is 1. The normalized spacial score (nSPS) is 20.2. The molecular weight excluding hydrogens is 310 g/mol. The highest BCUT2D eigenvalue weighted by Crippen LogP contribution is 2.24. The summed E-state index contributed by atoms with van der Waals surface area (Å²) >= 11 is 0. The Bertz CT molecular complexity index is 557. The number of carbonyl (C=O) groups is 2. The van der Waals surface area contributed by atoms with Gasteiger partial charge in [0.1, 0.15) is 5.75 Å². The molecule has 1 aliphatic heterocycles. The van der Waals surface area contributed by atoms with Crippen molar-refractivity contribution in [2.75, 3.05) is 20.8 Å². The zero-order valence-electron chi connectivity index (χ0n) is 14.2. The Morgan fingerprint density at radius 3 is 2.54 bits per heavy atom. The van der Waals surface area contributed by atoms with E-state index in [0.717, 1.165) is 24.2 Å². The SMILES string of the molecule is COc1ccc(CCCC(=O)N2CC(OC)CC2CC(=O)O)cc1. The molecule has 0 spiro atoms. The minimum absolute atomic E-state index is 0.00862. The molecule has 1 aliphatic rings. The standard InChI is InChI=1S/C18H25NO5/c1-23-15-8-6-13(7-9-15)4-3-5-17(20)19-12-16(24-2)10-14(19)11-18(21)22/h6-9,14,16H,3-5,10-12H2,1-2H3,(H,21,22). The zero-order chi connectivity index (χ0) is 17.5. The molecule has 2 unspecified atom stereocenters. The number of carboxylic acids is 1. The van der Waals surface area contributed by atoms with E-state index >= 15 is 0 Å². The molecule has 132 valence electrons. The molecule has 1 N–H and O–H groups in total. The predicted octanol–water partition coefficient (Wildman–Crippen LogP) is 2.11. The van der Waals surface area contributed by atoms with Crippen molar-refractivity contribution >= 4 is 11.9 Å². The van der Waals surface area contributed by atoms with Crippen molar-refractivity contribution in [3.8, 4) is 5.75 Å². The first-order valence-electron chi connectivity index (χ1n) is 8.20. The van der Waals surface area contributed by atoms with Crippen LogP contribution in [0.2, 0.25) is 0 Å². The number of carbonyl (C=O) groups excluding carboxylic acids is 1. The molecule has 1 aromatic rings. The number of ether oxygens (including phenoxy) is 2. The van der Waals surface area contributed by atoms with Crippen molar-refractivity contribution in [2.24, 2.45) is 0 Å². The highest BCUT2D eigenvalue weighted by Gasteiger charge is 2.36. The van der Waals surface area contributed by atoms with Gasteiger partial charge in [0.15, 0.2) is 0 Å². The van der Waals surface area contributed by atoms with Crippen LogP contribution >= 0.6 is 0 Å². The first-order chi connectivity index (χ1) is 11.5. The van der Waals surface area contributed by atoms with Gasteiger partial charge >= 0.3 is 5.97 Å². The average molecular weight is 335 g/mol. The van der Waals surface area contributed by atoms with Crippen molar-refractivity contribution in [2.45, 2.75) is 44.2 Å². The topological polar surface area (TPSA) is 76.1 Å². The third kappa shape index (κ3) is 4.96. The molecule has 0 saturated carbocycles. The summed E-state index contributed by atoms with van der Waals surface area (Å²) in [6.45, 7) is 0.482. The maximum atomic E-state index is 12.4. The van der Waals surface area contributed by atoms with Crippen molar-refractivity contribution in [3.05, 3.63) is 29.8 Å². The number of rotatable bonds is 8. The Morgan fingerprint density at radius 1 is 1.25 bits per heavy atom.